The van der Waals surface area contributed by atoms with Crippen LogP contribution in [0.3, 0.4) is 0 Å². The van der Waals surface area contributed by atoms with Crippen molar-refractivity contribution in [2.45, 2.75) is 19.8 Å². The van der Waals surface area contributed by atoms with Gasteiger partial charge in [-0.25, -0.2) is 14.8 Å². The zero-order chi connectivity index (χ0) is 9.68. The van der Waals surface area contributed by atoms with Crippen molar-refractivity contribution in [2.24, 2.45) is 0 Å². The van der Waals surface area contributed by atoms with E-state index in [1.165, 1.54) is 12.4 Å². The first kappa shape index (κ1) is 9.44. The van der Waals surface area contributed by atoms with Gasteiger partial charge < -0.3 is 5.11 Å². The molecule has 5 nitrogen and oxygen atoms in total. The number of carboxylic acid groups (broad SMARTS) is 1. The van der Waals surface area contributed by atoms with Gasteiger partial charge in [0.25, 0.3) is 0 Å². The summed E-state index contributed by atoms with van der Waals surface area (Å²) in [6, 6.07) is 0. The van der Waals surface area contributed by atoms with Gasteiger partial charge in [-0.15, -0.1) is 0 Å². The molecule has 0 saturated heterocycles. The summed E-state index contributed by atoms with van der Waals surface area (Å²) in [5, 5.41) is 10.5. The maximum Gasteiger partial charge on any atom is 0.409 e. The molecule has 0 aliphatic rings. The molecule has 2 N–H and O–H groups in total. The number of hydrogen-bond acceptors (Lipinski definition) is 3. The lowest BCUT2D eigenvalue weighted by Crippen LogP contribution is -2.08. The van der Waals surface area contributed by atoms with Gasteiger partial charge in [0.05, 0.1) is 18.1 Å². The zero-order valence-electron chi connectivity index (χ0n) is 7.32. The number of nitrogens with one attached hydrogen (secondary N) is 1. The fourth-order valence-corrected chi connectivity index (χ4v) is 0.896. The van der Waals surface area contributed by atoms with Gasteiger partial charge in [-0.2, -0.15) is 0 Å². The molecule has 0 aromatic carbocycles. The van der Waals surface area contributed by atoms with Crippen LogP contribution in [0.5, 0.6) is 0 Å². The third-order valence-electron chi connectivity index (χ3n) is 1.43. The van der Waals surface area contributed by atoms with Crippen molar-refractivity contribution in [3.8, 4) is 0 Å². The second-order valence-electron chi connectivity index (χ2n) is 2.57. The third-order valence-corrected chi connectivity index (χ3v) is 1.43. The SMILES string of the molecule is CCCc1ncc(NC(=O)O)cn1. The van der Waals surface area contributed by atoms with Crippen LogP contribution in [0.4, 0.5) is 10.5 Å². The van der Waals surface area contributed by atoms with E-state index in [-0.39, 0.29) is 0 Å². The zero-order valence-corrected chi connectivity index (χ0v) is 7.32. The monoisotopic (exact) mass is 181 g/mol. The van der Waals surface area contributed by atoms with Gasteiger partial charge in [0, 0.05) is 6.42 Å². The molecule has 1 heterocycles. The molecule has 0 atom stereocenters. The minimum absolute atomic E-state index is 0.396. The Balaban J connectivity index is 2.64. The van der Waals surface area contributed by atoms with Crippen molar-refractivity contribution in [3.63, 3.8) is 0 Å². The van der Waals surface area contributed by atoms with Crippen LogP contribution < -0.4 is 5.32 Å². The largest absolute Gasteiger partial charge is 0.465 e. The normalized spacial score (nSPS) is 9.62. The van der Waals surface area contributed by atoms with Crippen molar-refractivity contribution >= 4 is 11.8 Å². The highest BCUT2D eigenvalue weighted by Gasteiger charge is 1.99. The standard InChI is InChI=1S/C8H11N3O2/c1-2-3-7-9-4-6(5-10-7)11-8(12)13/h4-5,11H,2-3H2,1H3,(H,12,13). The summed E-state index contributed by atoms with van der Waals surface area (Å²) < 4.78 is 0. The summed E-state index contributed by atoms with van der Waals surface area (Å²) in [5.41, 5.74) is 0.396. The molecular formula is C8H11N3O2. The van der Waals surface area contributed by atoms with Crippen LogP contribution >= 0.6 is 0 Å². The first-order valence-electron chi connectivity index (χ1n) is 4.03. The Labute approximate surface area is 75.8 Å². The minimum atomic E-state index is -1.10. The molecule has 0 aliphatic carbocycles. The molecular weight excluding hydrogens is 170 g/mol. The molecule has 13 heavy (non-hydrogen) atoms. The van der Waals surface area contributed by atoms with Gasteiger partial charge in [0.15, 0.2) is 0 Å². The van der Waals surface area contributed by atoms with E-state index >= 15 is 0 Å². The van der Waals surface area contributed by atoms with Crippen molar-refractivity contribution in [3.05, 3.63) is 18.2 Å². The van der Waals surface area contributed by atoms with Crippen LogP contribution in [-0.4, -0.2) is 21.2 Å². The van der Waals surface area contributed by atoms with E-state index in [1.54, 1.807) is 0 Å². The fourth-order valence-electron chi connectivity index (χ4n) is 0.896. The van der Waals surface area contributed by atoms with E-state index in [0.717, 1.165) is 18.7 Å². The van der Waals surface area contributed by atoms with Gasteiger partial charge in [0.1, 0.15) is 5.82 Å². The van der Waals surface area contributed by atoms with Crippen molar-refractivity contribution in [2.75, 3.05) is 5.32 Å². The highest BCUT2D eigenvalue weighted by Crippen LogP contribution is 2.03. The first-order valence-corrected chi connectivity index (χ1v) is 4.03. The molecule has 0 unspecified atom stereocenters. The van der Waals surface area contributed by atoms with Crippen LogP contribution in [-0.2, 0) is 6.42 Å². The van der Waals surface area contributed by atoms with Crippen LogP contribution in [0.1, 0.15) is 19.2 Å². The molecule has 1 aromatic heterocycles. The smallest absolute Gasteiger partial charge is 0.409 e. The highest BCUT2D eigenvalue weighted by molar-refractivity contribution is 5.82. The molecule has 0 aliphatic heterocycles. The molecule has 0 spiro atoms. The molecule has 1 amide bonds. The number of nitrogens with zero attached hydrogens (tertiary/aromatic N) is 2. The summed E-state index contributed by atoms with van der Waals surface area (Å²) in [5.74, 6) is 0.735. The van der Waals surface area contributed by atoms with Gasteiger partial charge in [0.2, 0.25) is 0 Å². The summed E-state index contributed by atoms with van der Waals surface area (Å²) >= 11 is 0. The average Bonchev–Trinajstić information content (AvgIpc) is 2.08. The maximum absolute atomic E-state index is 10.2. The van der Waals surface area contributed by atoms with Crippen LogP contribution in [0.25, 0.3) is 0 Å². The van der Waals surface area contributed by atoms with Gasteiger partial charge in [-0.05, 0) is 6.42 Å². The van der Waals surface area contributed by atoms with Crippen LogP contribution in [0, 0.1) is 0 Å². The first-order chi connectivity index (χ1) is 6.22. The second-order valence-corrected chi connectivity index (χ2v) is 2.57. The Bertz CT molecular complexity index is 284. The quantitative estimate of drug-likeness (QED) is 0.741. The predicted octanol–water partition coefficient (Wildman–Crippen LogP) is 1.52. The molecule has 1 rings (SSSR count). The second kappa shape index (κ2) is 4.39. The highest BCUT2D eigenvalue weighted by atomic mass is 16.4. The molecule has 0 saturated carbocycles. The lowest BCUT2D eigenvalue weighted by molar-refractivity contribution is 0.209. The molecule has 1 aromatic rings. The Hall–Kier alpha value is -1.65. The van der Waals surface area contributed by atoms with Crippen LogP contribution in [0.15, 0.2) is 12.4 Å². The van der Waals surface area contributed by atoms with E-state index in [1.807, 2.05) is 6.92 Å². The van der Waals surface area contributed by atoms with E-state index in [0.29, 0.717) is 5.69 Å². The lowest BCUT2D eigenvalue weighted by Gasteiger charge is -2.00. The van der Waals surface area contributed by atoms with E-state index < -0.39 is 6.09 Å². The molecule has 0 fully saturated rings. The number of hydrogen-bond donors (Lipinski definition) is 2. The Morgan fingerprint density at radius 3 is 2.62 bits per heavy atom. The van der Waals surface area contributed by atoms with Gasteiger partial charge in [-0.1, -0.05) is 6.92 Å². The third kappa shape index (κ3) is 3.06. The summed E-state index contributed by atoms with van der Waals surface area (Å²) in [7, 11) is 0. The molecule has 0 radical (unpaired) electrons. The van der Waals surface area contributed by atoms with Crippen molar-refractivity contribution in [1.82, 2.24) is 9.97 Å². The fraction of sp³-hybridized carbons (Fsp3) is 0.375. The van der Waals surface area contributed by atoms with E-state index in [9.17, 15) is 4.79 Å². The molecule has 70 valence electrons. The number of aryl methyl sites for hydroxylation is 1. The lowest BCUT2D eigenvalue weighted by atomic mass is 10.3. The Morgan fingerprint density at radius 1 is 1.54 bits per heavy atom. The van der Waals surface area contributed by atoms with Crippen molar-refractivity contribution < 1.29 is 9.90 Å². The minimum Gasteiger partial charge on any atom is -0.465 e. The van der Waals surface area contributed by atoms with E-state index in [4.69, 9.17) is 5.11 Å². The maximum atomic E-state index is 10.2. The molecule has 5 heteroatoms. The summed E-state index contributed by atoms with van der Waals surface area (Å²) in [4.78, 5) is 18.2. The molecule has 0 bridgehead atoms. The summed E-state index contributed by atoms with van der Waals surface area (Å²) in [6.07, 6.45) is 3.61. The number of aromatic nitrogens is 2. The average molecular weight is 181 g/mol. The topological polar surface area (TPSA) is 75.1 Å². The van der Waals surface area contributed by atoms with Gasteiger partial charge >= 0.3 is 6.09 Å². The van der Waals surface area contributed by atoms with Crippen molar-refractivity contribution in [1.29, 1.82) is 0 Å². The number of amides is 1. The number of rotatable bonds is 3. The Kier molecular flexibility index (Phi) is 3.19. The summed E-state index contributed by atoms with van der Waals surface area (Å²) in [6.45, 7) is 2.03. The van der Waals surface area contributed by atoms with Gasteiger partial charge in [-0.3, -0.25) is 5.32 Å². The number of carbonyl (C=O) groups is 1. The predicted molar refractivity (Wildman–Crippen MR) is 47.7 cm³/mol. The van der Waals surface area contributed by atoms with Crippen LogP contribution in [0.2, 0.25) is 0 Å². The van der Waals surface area contributed by atoms with E-state index in [2.05, 4.69) is 15.3 Å². The Morgan fingerprint density at radius 2 is 2.15 bits per heavy atom. The number of anilines is 1.